The van der Waals surface area contributed by atoms with E-state index < -0.39 is 6.10 Å². The number of carbonyl (C=O) groups excluding carboxylic acids is 1. The second-order valence-corrected chi connectivity index (χ2v) is 7.51. The highest BCUT2D eigenvalue weighted by atomic mass is 19.1. The third kappa shape index (κ3) is 4.27. The Kier molecular flexibility index (Phi) is 5.92. The van der Waals surface area contributed by atoms with E-state index in [0.29, 0.717) is 29.9 Å². The minimum atomic E-state index is -0.949. The van der Waals surface area contributed by atoms with Crippen molar-refractivity contribution >= 4 is 5.91 Å². The van der Waals surface area contributed by atoms with Crippen molar-refractivity contribution in [1.82, 2.24) is 15.0 Å². The molecule has 1 fully saturated rings. The average Bonchev–Trinajstić information content (AvgIpc) is 3.20. The van der Waals surface area contributed by atoms with Crippen molar-refractivity contribution in [2.75, 3.05) is 26.2 Å². The number of aliphatic hydroxyl groups excluding tert-OH is 1. The van der Waals surface area contributed by atoms with E-state index >= 15 is 0 Å². The van der Waals surface area contributed by atoms with Crippen LogP contribution in [0.15, 0.2) is 59.1 Å². The van der Waals surface area contributed by atoms with Gasteiger partial charge >= 0.3 is 0 Å². The number of hydrogen-bond acceptors (Lipinski definition) is 5. The number of amides is 1. The molecule has 7 heteroatoms. The van der Waals surface area contributed by atoms with Gasteiger partial charge in [-0.15, -0.1) is 0 Å². The molecule has 0 spiro atoms. The van der Waals surface area contributed by atoms with Crippen LogP contribution in [-0.2, 0) is 6.54 Å². The molecule has 6 nitrogen and oxygen atoms in total. The summed E-state index contributed by atoms with van der Waals surface area (Å²) in [5, 5.41) is 14.3. The van der Waals surface area contributed by atoms with Gasteiger partial charge in [0.25, 0.3) is 5.91 Å². The Hall–Kier alpha value is -3.03. The maximum atomic E-state index is 13.2. The number of benzene rings is 2. The van der Waals surface area contributed by atoms with Gasteiger partial charge in [0.1, 0.15) is 11.5 Å². The van der Waals surface area contributed by atoms with Gasteiger partial charge in [-0.1, -0.05) is 35.5 Å². The fourth-order valence-corrected chi connectivity index (χ4v) is 3.75. The highest BCUT2D eigenvalue weighted by molar-refractivity contribution is 5.94. The molecule has 1 amide bonds. The molecular formula is C23H24FN3O3. The van der Waals surface area contributed by atoms with Crippen molar-refractivity contribution in [3.05, 3.63) is 77.3 Å². The van der Waals surface area contributed by atoms with Crippen LogP contribution < -0.4 is 0 Å². The van der Waals surface area contributed by atoms with E-state index in [2.05, 4.69) is 22.2 Å². The molecule has 156 valence electrons. The quantitative estimate of drug-likeness (QED) is 0.699. The number of hydrogen-bond donors (Lipinski definition) is 1. The van der Waals surface area contributed by atoms with E-state index in [1.165, 1.54) is 17.7 Å². The molecule has 1 atom stereocenters. The zero-order valence-corrected chi connectivity index (χ0v) is 16.8. The Bertz CT molecular complexity index is 994. The summed E-state index contributed by atoms with van der Waals surface area (Å²) in [5.41, 5.74) is 2.52. The molecule has 1 N–H and O–H groups in total. The van der Waals surface area contributed by atoms with E-state index in [4.69, 9.17) is 4.52 Å². The van der Waals surface area contributed by atoms with Crippen LogP contribution in [0.25, 0.3) is 11.3 Å². The topological polar surface area (TPSA) is 69.8 Å². The Morgan fingerprint density at radius 3 is 2.40 bits per heavy atom. The fourth-order valence-electron chi connectivity index (χ4n) is 3.75. The monoisotopic (exact) mass is 409 g/mol. The second-order valence-electron chi connectivity index (χ2n) is 7.51. The van der Waals surface area contributed by atoms with E-state index in [0.717, 1.165) is 19.6 Å². The molecule has 1 saturated heterocycles. The number of piperazine rings is 1. The Morgan fingerprint density at radius 2 is 1.77 bits per heavy atom. The van der Waals surface area contributed by atoms with Gasteiger partial charge in [-0.25, -0.2) is 4.39 Å². The summed E-state index contributed by atoms with van der Waals surface area (Å²) in [6, 6.07) is 16.0. The minimum absolute atomic E-state index is 0.0424. The highest BCUT2D eigenvalue weighted by Crippen LogP contribution is 2.31. The summed E-state index contributed by atoms with van der Waals surface area (Å²) in [5.74, 6) is -0.613. The summed E-state index contributed by atoms with van der Waals surface area (Å²) in [4.78, 5) is 17.1. The van der Waals surface area contributed by atoms with Crippen LogP contribution in [0.1, 0.15) is 34.7 Å². The van der Waals surface area contributed by atoms with Crippen molar-refractivity contribution in [3.8, 4) is 11.3 Å². The van der Waals surface area contributed by atoms with E-state index in [1.54, 1.807) is 24.0 Å². The van der Waals surface area contributed by atoms with Crippen molar-refractivity contribution in [3.63, 3.8) is 0 Å². The van der Waals surface area contributed by atoms with Gasteiger partial charge in [0, 0.05) is 38.3 Å². The highest BCUT2D eigenvalue weighted by Gasteiger charge is 2.31. The molecule has 3 aromatic rings. The lowest BCUT2D eigenvalue weighted by atomic mass is 10.0. The summed E-state index contributed by atoms with van der Waals surface area (Å²) in [7, 11) is 0. The molecule has 1 aliphatic rings. The predicted molar refractivity (Wildman–Crippen MR) is 110 cm³/mol. The molecule has 0 saturated carbocycles. The smallest absolute Gasteiger partial charge is 0.292 e. The van der Waals surface area contributed by atoms with Gasteiger partial charge in [0.2, 0.25) is 5.76 Å². The van der Waals surface area contributed by atoms with Crippen molar-refractivity contribution in [1.29, 1.82) is 0 Å². The molecule has 2 heterocycles. The van der Waals surface area contributed by atoms with Gasteiger partial charge < -0.3 is 14.5 Å². The second kappa shape index (κ2) is 8.77. The first-order chi connectivity index (χ1) is 14.5. The standard InChI is InChI=1S/C23H24FN3O3/c1-16(28)20-21(18-7-9-19(24)10-8-18)25-30-22(20)23(29)27-13-11-26(12-14-27)15-17-5-3-2-4-6-17/h2-10,16,28H,11-15H2,1H3. The number of rotatable bonds is 5. The van der Waals surface area contributed by atoms with Crippen LogP contribution in [0.5, 0.6) is 0 Å². The average molecular weight is 409 g/mol. The fraction of sp³-hybridized carbons (Fsp3) is 0.304. The first-order valence-electron chi connectivity index (χ1n) is 10.0. The number of aromatic nitrogens is 1. The van der Waals surface area contributed by atoms with E-state index in [1.807, 2.05) is 18.2 Å². The summed E-state index contributed by atoms with van der Waals surface area (Å²) in [6.07, 6.45) is -0.949. The van der Waals surface area contributed by atoms with Crippen LogP contribution in [0.4, 0.5) is 4.39 Å². The molecular weight excluding hydrogens is 385 g/mol. The molecule has 2 aromatic carbocycles. The van der Waals surface area contributed by atoms with E-state index in [-0.39, 0.29) is 17.5 Å². The Morgan fingerprint density at radius 1 is 1.10 bits per heavy atom. The largest absolute Gasteiger partial charge is 0.388 e. The lowest BCUT2D eigenvalue weighted by molar-refractivity contribution is 0.0581. The van der Waals surface area contributed by atoms with Crippen molar-refractivity contribution < 1.29 is 18.8 Å². The maximum absolute atomic E-state index is 13.2. The maximum Gasteiger partial charge on any atom is 0.292 e. The van der Waals surface area contributed by atoms with Gasteiger partial charge in [0.05, 0.1) is 11.7 Å². The number of aliphatic hydroxyl groups is 1. The van der Waals surface area contributed by atoms with Crippen LogP contribution in [0.2, 0.25) is 0 Å². The summed E-state index contributed by atoms with van der Waals surface area (Å²) >= 11 is 0. The third-order valence-electron chi connectivity index (χ3n) is 5.37. The van der Waals surface area contributed by atoms with Crippen LogP contribution in [-0.4, -0.2) is 52.1 Å². The summed E-state index contributed by atoms with van der Waals surface area (Å²) in [6.45, 7) is 5.05. The zero-order valence-electron chi connectivity index (χ0n) is 16.8. The third-order valence-corrected chi connectivity index (χ3v) is 5.37. The van der Waals surface area contributed by atoms with Crippen molar-refractivity contribution in [2.24, 2.45) is 0 Å². The number of carbonyl (C=O) groups is 1. The Balaban J connectivity index is 1.48. The summed E-state index contributed by atoms with van der Waals surface area (Å²) < 4.78 is 18.6. The number of halogens is 1. The molecule has 4 rings (SSSR count). The van der Waals surface area contributed by atoms with Crippen LogP contribution in [0, 0.1) is 5.82 Å². The molecule has 0 bridgehead atoms. The lowest BCUT2D eigenvalue weighted by Gasteiger charge is -2.34. The minimum Gasteiger partial charge on any atom is -0.388 e. The Labute approximate surface area is 174 Å². The SMILES string of the molecule is CC(O)c1c(-c2ccc(F)cc2)noc1C(=O)N1CCN(Cc2ccccc2)CC1. The van der Waals surface area contributed by atoms with Gasteiger partial charge in [-0.2, -0.15) is 0 Å². The molecule has 30 heavy (non-hydrogen) atoms. The van der Waals surface area contributed by atoms with Gasteiger partial charge in [-0.05, 0) is 36.8 Å². The van der Waals surface area contributed by atoms with Gasteiger partial charge in [-0.3, -0.25) is 9.69 Å². The van der Waals surface area contributed by atoms with Gasteiger partial charge in [0.15, 0.2) is 0 Å². The van der Waals surface area contributed by atoms with E-state index in [9.17, 15) is 14.3 Å². The molecule has 1 unspecified atom stereocenters. The first kappa shape index (κ1) is 20.3. The normalized spacial score (nSPS) is 15.9. The molecule has 1 aromatic heterocycles. The van der Waals surface area contributed by atoms with Crippen LogP contribution >= 0.6 is 0 Å². The van der Waals surface area contributed by atoms with Crippen molar-refractivity contribution in [2.45, 2.75) is 19.6 Å². The lowest BCUT2D eigenvalue weighted by Crippen LogP contribution is -2.48. The zero-order chi connectivity index (χ0) is 21.1. The molecule has 0 aliphatic carbocycles. The van der Waals surface area contributed by atoms with Crippen LogP contribution in [0.3, 0.4) is 0 Å². The molecule has 0 radical (unpaired) electrons. The predicted octanol–water partition coefficient (Wildman–Crippen LogP) is 3.49. The molecule has 1 aliphatic heterocycles. The number of nitrogens with zero attached hydrogens (tertiary/aromatic N) is 3. The first-order valence-corrected chi connectivity index (χ1v) is 10.0.